The number of ether oxygens (including phenoxy) is 1. The van der Waals surface area contributed by atoms with Gasteiger partial charge in [0.25, 0.3) is 11.5 Å². The molecule has 0 saturated carbocycles. The van der Waals surface area contributed by atoms with E-state index in [1.165, 1.54) is 10.5 Å². The van der Waals surface area contributed by atoms with Crippen molar-refractivity contribution in [2.75, 3.05) is 5.32 Å². The fourth-order valence-corrected chi connectivity index (χ4v) is 3.23. The molecule has 0 saturated heterocycles. The van der Waals surface area contributed by atoms with E-state index in [-0.39, 0.29) is 18.1 Å². The Morgan fingerprint density at radius 3 is 2.76 bits per heavy atom. The molecule has 4 aromatic rings. The molecule has 0 aliphatic carbocycles. The minimum absolute atomic E-state index is 0.143. The van der Waals surface area contributed by atoms with Crippen LogP contribution < -0.4 is 15.6 Å². The third kappa shape index (κ3) is 4.52. The van der Waals surface area contributed by atoms with Crippen LogP contribution in [0.25, 0.3) is 5.65 Å². The second-order valence-corrected chi connectivity index (χ2v) is 7.21. The van der Waals surface area contributed by atoms with Crippen molar-refractivity contribution in [2.45, 2.75) is 6.61 Å². The summed E-state index contributed by atoms with van der Waals surface area (Å²) in [5.41, 5.74) is 2.09. The molecular formula is C22H16BrN3O3. The number of rotatable bonds is 5. The number of benzene rings is 2. The van der Waals surface area contributed by atoms with Gasteiger partial charge in [0.15, 0.2) is 0 Å². The summed E-state index contributed by atoms with van der Waals surface area (Å²) >= 11 is 3.36. The van der Waals surface area contributed by atoms with E-state index in [0.29, 0.717) is 28.3 Å². The molecule has 29 heavy (non-hydrogen) atoms. The number of amides is 1. The van der Waals surface area contributed by atoms with Gasteiger partial charge >= 0.3 is 0 Å². The number of carbonyl (C=O) groups is 1. The molecule has 0 atom stereocenters. The summed E-state index contributed by atoms with van der Waals surface area (Å²) in [4.78, 5) is 29.0. The zero-order valence-corrected chi connectivity index (χ0v) is 16.8. The van der Waals surface area contributed by atoms with Crippen molar-refractivity contribution in [1.29, 1.82) is 0 Å². The lowest BCUT2D eigenvalue weighted by atomic mass is 10.2. The van der Waals surface area contributed by atoms with Crippen LogP contribution in [0.3, 0.4) is 0 Å². The standard InChI is InChI=1S/C22H16BrN3O3/c23-16-6-3-5-15(11-16)22(28)25-17-7-4-8-19(12-17)29-14-18-13-21(27)26-10-2-1-9-20(26)24-18/h1-13H,14H2,(H,25,28). The maximum absolute atomic E-state index is 12.4. The van der Waals surface area contributed by atoms with E-state index in [9.17, 15) is 9.59 Å². The van der Waals surface area contributed by atoms with Crippen LogP contribution in [0.5, 0.6) is 5.75 Å². The lowest BCUT2D eigenvalue weighted by Crippen LogP contribution is -2.16. The van der Waals surface area contributed by atoms with E-state index in [2.05, 4.69) is 26.2 Å². The van der Waals surface area contributed by atoms with Gasteiger partial charge in [0, 0.05) is 34.1 Å². The van der Waals surface area contributed by atoms with Gasteiger partial charge in [-0.2, -0.15) is 0 Å². The molecular weight excluding hydrogens is 434 g/mol. The highest BCUT2D eigenvalue weighted by atomic mass is 79.9. The molecule has 7 heteroatoms. The van der Waals surface area contributed by atoms with E-state index in [0.717, 1.165) is 4.47 Å². The Bertz CT molecular complexity index is 1250. The van der Waals surface area contributed by atoms with Gasteiger partial charge in [-0.15, -0.1) is 0 Å². The smallest absolute Gasteiger partial charge is 0.258 e. The van der Waals surface area contributed by atoms with E-state index in [1.54, 1.807) is 60.8 Å². The highest BCUT2D eigenvalue weighted by Crippen LogP contribution is 2.20. The first-order chi connectivity index (χ1) is 14.1. The number of pyridine rings is 1. The van der Waals surface area contributed by atoms with Gasteiger partial charge in [0.1, 0.15) is 18.0 Å². The van der Waals surface area contributed by atoms with Crippen molar-refractivity contribution in [3.05, 3.63) is 105 Å². The first kappa shape index (κ1) is 18.9. The number of nitrogens with one attached hydrogen (secondary N) is 1. The Kier molecular flexibility index (Phi) is 5.39. The van der Waals surface area contributed by atoms with E-state index >= 15 is 0 Å². The molecule has 4 rings (SSSR count). The van der Waals surface area contributed by atoms with Gasteiger partial charge in [-0.25, -0.2) is 4.98 Å². The van der Waals surface area contributed by atoms with Crippen molar-refractivity contribution < 1.29 is 9.53 Å². The van der Waals surface area contributed by atoms with Crippen LogP contribution in [0, 0.1) is 0 Å². The number of halogens is 1. The molecule has 0 unspecified atom stereocenters. The summed E-state index contributed by atoms with van der Waals surface area (Å²) in [6.45, 7) is 0.143. The van der Waals surface area contributed by atoms with Crippen LogP contribution in [0.4, 0.5) is 5.69 Å². The van der Waals surface area contributed by atoms with Gasteiger partial charge in [-0.1, -0.05) is 34.1 Å². The summed E-state index contributed by atoms with van der Waals surface area (Å²) < 4.78 is 8.08. The molecule has 144 valence electrons. The molecule has 1 amide bonds. The predicted octanol–water partition coefficient (Wildman–Crippen LogP) is 4.29. The summed E-state index contributed by atoms with van der Waals surface area (Å²) in [5.74, 6) is 0.347. The normalized spacial score (nSPS) is 10.7. The largest absolute Gasteiger partial charge is 0.487 e. The van der Waals surface area contributed by atoms with Crippen molar-refractivity contribution >= 4 is 33.2 Å². The Labute approximate surface area is 174 Å². The van der Waals surface area contributed by atoms with Gasteiger partial charge < -0.3 is 10.1 Å². The van der Waals surface area contributed by atoms with E-state index in [1.807, 2.05) is 12.1 Å². The summed E-state index contributed by atoms with van der Waals surface area (Å²) in [7, 11) is 0. The lowest BCUT2D eigenvalue weighted by molar-refractivity contribution is 0.102. The maximum Gasteiger partial charge on any atom is 0.258 e. The Morgan fingerprint density at radius 2 is 1.90 bits per heavy atom. The average molecular weight is 450 g/mol. The molecule has 0 fully saturated rings. The molecule has 0 spiro atoms. The molecule has 1 N–H and O–H groups in total. The number of anilines is 1. The number of hydrogen-bond acceptors (Lipinski definition) is 4. The van der Waals surface area contributed by atoms with E-state index in [4.69, 9.17) is 4.74 Å². The fourth-order valence-electron chi connectivity index (χ4n) is 2.83. The average Bonchev–Trinajstić information content (AvgIpc) is 2.73. The Morgan fingerprint density at radius 1 is 1.03 bits per heavy atom. The summed E-state index contributed by atoms with van der Waals surface area (Å²) in [6.07, 6.45) is 1.67. The van der Waals surface area contributed by atoms with Crippen LogP contribution in [-0.2, 0) is 6.61 Å². The highest BCUT2D eigenvalue weighted by molar-refractivity contribution is 9.10. The first-order valence-corrected chi connectivity index (χ1v) is 9.65. The zero-order chi connectivity index (χ0) is 20.2. The van der Waals surface area contributed by atoms with Crippen molar-refractivity contribution in [1.82, 2.24) is 9.38 Å². The van der Waals surface area contributed by atoms with Crippen LogP contribution in [-0.4, -0.2) is 15.3 Å². The SMILES string of the molecule is O=C(Nc1cccc(OCc2cc(=O)n3ccccc3n2)c1)c1cccc(Br)c1. The van der Waals surface area contributed by atoms with Crippen molar-refractivity contribution in [2.24, 2.45) is 0 Å². The minimum atomic E-state index is -0.215. The Balaban J connectivity index is 1.47. The van der Waals surface area contributed by atoms with Crippen LogP contribution in [0.1, 0.15) is 16.1 Å². The van der Waals surface area contributed by atoms with Gasteiger partial charge in [0.05, 0.1) is 5.69 Å². The molecule has 0 aliphatic heterocycles. The van der Waals surface area contributed by atoms with Crippen LogP contribution in [0.15, 0.2) is 88.3 Å². The summed E-state index contributed by atoms with van der Waals surface area (Å²) in [6, 6.07) is 21.0. The predicted molar refractivity (Wildman–Crippen MR) is 114 cm³/mol. The first-order valence-electron chi connectivity index (χ1n) is 8.85. The molecule has 0 bridgehead atoms. The minimum Gasteiger partial charge on any atom is -0.487 e. The van der Waals surface area contributed by atoms with Crippen LogP contribution >= 0.6 is 15.9 Å². The fraction of sp³-hybridized carbons (Fsp3) is 0.0455. The Hall–Kier alpha value is -3.45. The molecule has 2 aromatic heterocycles. The van der Waals surface area contributed by atoms with E-state index < -0.39 is 0 Å². The topological polar surface area (TPSA) is 72.7 Å². The summed E-state index contributed by atoms with van der Waals surface area (Å²) in [5, 5.41) is 2.85. The monoisotopic (exact) mass is 449 g/mol. The van der Waals surface area contributed by atoms with Gasteiger partial charge in [-0.3, -0.25) is 14.0 Å². The van der Waals surface area contributed by atoms with Crippen LogP contribution in [0.2, 0.25) is 0 Å². The third-order valence-electron chi connectivity index (χ3n) is 4.19. The highest BCUT2D eigenvalue weighted by Gasteiger charge is 2.08. The third-order valence-corrected chi connectivity index (χ3v) is 4.68. The number of aromatic nitrogens is 2. The lowest BCUT2D eigenvalue weighted by Gasteiger charge is -2.10. The second-order valence-electron chi connectivity index (χ2n) is 6.30. The zero-order valence-electron chi connectivity index (χ0n) is 15.2. The number of nitrogens with zero attached hydrogens (tertiary/aromatic N) is 2. The number of hydrogen-bond donors (Lipinski definition) is 1. The van der Waals surface area contributed by atoms with Gasteiger partial charge in [-0.05, 0) is 42.5 Å². The molecule has 0 radical (unpaired) electrons. The molecule has 2 aromatic carbocycles. The second kappa shape index (κ2) is 8.28. The van der Waals surface area contributed by atoms with Crippen molar-refractivity contribution in [3.63, 3.8) is 0 Å². The molecule has 2 heterocycles. The number of fused-ring (bicyclic) bond motifs is 1. The van der Waals surface area contributed by atoms with Gasteiger partial charge in [0.2, 0.25) is 0 Å². The maximum atomic E-state index is 12.4. The number of carbonyl (C=O) groups excluding carboxylic acids is 1. The molecule has 6 nitrogen and oxygen atoms in total. The quantitative estimate of drug-likeness (QED) is 0.493. The van der Waals surface area contributed by atoms with Crippen molar-refractivity contribution in [3.8, 4) is 5.75 Å². The molecule has 0 aliphatic rings.